The van der Waals surface area contributed by atoms with Crippen LogP contribution >= 0.6 is 0 Å². The summed E-state index contributed by atoms with van der Waals surface area (Å²) in [6.45, 7) is 6.07. The smallest absolute Gasteiger partial charge is 0.312 e. The molecular weight excluding hydrogens is 200 g/mol. The van der Waals surface area contributed by atoms with Crippen LogP contribution in [0.4, 0.5) is 0 Å². The predicted octanol–water partition coefficient (Wildman–Crippen LogP) is 2.60. The molecule has 0 saturated carbocycles. The molecule has 2 rings (SSSR count). The Bertz CT molecular complexity index is 529. The lowest BCUT2D eigenvalue weighted by Crippen LogP contribution is -2.32. The number of hydrogen-bond donors (Lipinski definition) is 1. The summed E-state index contributed by atoms with van der Waals surface area (Å²) in [5.74, 6) is 0. The fourth-order valence-electron chi connectivity index (χ4n) is 1.86. The molecule has 16 heavy (non-hydrogen) atoms. The zero-order chi connectivity index (χ0) is 11.8. The Morgan fingerprint density at radius 2 is 1.75 bits per heavy atom. The second kappa shape index (κ2) is 3.67. The molecule has 0 unspecified atom stereocenters. The first-order valence-corrected chi connectivity index (χ1v) is 5.36. The second-order valence-electron chi connectivity index (χ2n) is 4.85. The molecular formula is C13H16N2O. The lowest BCUT2D eigenvalue weighted by Gasteiger charge is -2.22. The van der Waals surface area contributed by atoms with Crippen molar-refractivity contribution in [3.05, 3.63) is 47.0 Å². The molecule has 1 aromatic carbocycles. The highest BCUT2D eigenvalue weighted by Gasteiger charge is 2.20. The van der Waals surface area contributed by atoms with Crippen LogP contribution in [0.5, 0.6) is 0 Å². The molecule has 0 aliphatic rings. The van der Waals surface area contributed by atoms with Gasteiger partial charge in [-0.2, -0.15) is 0 Å². The van der Waals surface area contributed by atoms with Crippen molar-refractivity contribution in [2.75, 3.05) is 0 Å². The first-order chi connectivity index (χ1) is 7.50. The highest BCUT2D eigenvalue weighted by Crippen LogP contribution is 2.22. The third-order valence-corrected chi connectivity index (χ3v) is 2.52. The Kier molecular flexibility index (Phi) is 2.46. The van der Waals surface area contributed by atoms with Gasteiger partial charge in [0.1, 0.15) is 0 Å². The number of rotatable bonds is 1. The Morgan fingerprint density at radius 3 is 2.31 bits per heavy atom. The average Bonchev–Trinajstić information content (AvgIpc) is 2.61. The summed E-state index contributed by atoms with van der Waals surface area (Å²) in [6.07, 6.45) is 1.77. The second-order valence-corrected chi connectivity index (χ2v) is 4.85. The van der Waals surface area contributed by atoms with Crippen LogP contribution in [0.2, 0.25) is 0 Å². The van der Waals surface area contributed by atoms with Gasteiger partial charge in [0.2, 0.25) is 0 Å². The summed E-state index contributed by atoms with van der Waals surface area (Å²) in [4.78, 5) is 14.5. The normalized spacial score (nSPS) is 11.7. The highest BCUT2D eigenvalue weighted by atomic mass is 16.1. The van der Waals surface area contributed by atoms with E-state index in [1.807, 2.05) is 51.1 Å². The van der Waals surface area contributed by atoms with Crippen LogP contribution in [-0.4, -0.2) is 9.55 Å². The van der Waals surface area contributed by atoms with Gasteiger partial charge in [0.15, 0.2) is 0 Å². The summed E-state index contributed by atoms with van der Waals surface area (Å²) in [5, 5.41) is 0. The van der Waals surface area contributed by atoms with Crippen LogP contribution in [0, 0.1) is 0 Å². The van der Waals surface area contributed by atoms with Gasteiger partial charge in [-0.1, -0.05) is 30.3 Å². The summed E-state index contributed by atoms with van der Waals surface area (Å²) >= 11 is 0. The van der Waals surface area contributed by atoms with E-state index in [4.69, 9.17) is 0 Å². The van der Waals surface area contributed by atoms with Crippen molar-refractivity contribution >= 4 is 0 Å². The van der Waals surface area contributed by atoms with Crippen LogP contribution in [0.15, 0.2) is 41.3 Å². The Balaban J connectivity index is 2.64. The molecule has 84 valence electrons. The van der Waals surface area contributed by atoms with E-state index in [2.05, 4.69) is 4.98 Å². The molecule has 2 aromatic rings. The molecule has 0 radical (unpaired) electrons. The average molecular weight is 216 g/mol. The fraction of sp³-hybridized carbons (Fsp3) is 0.308. The van der Waals surface area contributed by atoms with Crippen molar-refractivity contribution in [2.24, 2.45) is 0 Å². The maximum atomic E-state index is 11.8. The van der Waals surface area contributed by atoms with Gasteiger partial charge in [-0.3, -0.25) is 4.57 Å². The SMILES string of the molecule is CC(C)(C)n1c(-c2ccccc2)c[nH]c1=O. The van der Waals surface area contributed by atoms with Gasteiger partial charge in [0, 0.05) is 11.7 Å². The standard InChI is InChI=1S/C13H16N2O/c1-13(2,3)15-11(9-14-12(15)16)10-7-5-4-6-8-10/h4-9H,1-3H3,(H,14,16). The monoisotopic (exact) mass is 216 g/mol. The van der Waals surface area contributed by atoms with Gasteiger partial charge in [0.25, 0.3) is 0 Å². The lowest BCUT2D eigenvalue weighted by atomic mass is 10.1. The van der Waals surface area contributed by atoms with Crippen molar-refractivity contribution in [1.82, 2.24) is 9.55 Å². The molecule has 1 heterocycles. The summed E-state index contributed by atoms with van der Waals surface area (Å²) in [5.41, 5.74) is 1.70. The van der Waals surface area contributed by atoms with Crippen LogP contribution in [0.1, 0.15) is 20.8 Å². The van der Waals surface area contributed by atoms with Crippen LogP contribution in [0.3, 0.4) is 0 Å². The largest absolute Gasteiger partial charge is 0.326 e. The van der Waals surface area contributed by atoms with Crippen LogP contribution in [0.25, 0.3) is 11.3 Å². The van der Waals surface area contributed by atoms with Gasteiger partial charge in [-0.15, -0.1) is 0 Å². The molecule has 1 N–H and O–H groups in total. The van der Waals surface area contributed by atoms with E-state index in [0.717, 1.165) is 11.3 Å². The Labute approximate surface area is 94.7 Å². The van der Waals surface area contributed by atoms with Crippen molar-refractivity contribution < 1.29 is 0 Å². The molecule has 0 atom stereocenters. The third-order valence-electron chi connectivity index (χ3n) is 2.52. The van der Waals surface area contributed by atoms with Gasteiger partial charge < -0.3 is 4.98 Å². The number of aromatic nitrogens is 2. The molecule has 0 aliphatic carbocycles. The molecule has 0 spiro atoms. The number of imidazole rings is 1. The van der Waals surface area contributed by atoms with Crippen molar-refractivity contribution in [2.45, 2.75) is 26.3 Å². The van der Waals surface area contributed by atoms with E-state index in [-0.39, 0.29) is 11.2 Å². The number of nitrogens with zero attached hydrogens (tertiary/aromatic N) is 1. The zero-order valence-electron chi connectivity index (χ0n) is 9.82. The van der Waals surface area contributed by atoms with E-state index in [9.17, 15) is 4.79 Å². The summed E-state index contributed by atoms with van der Waals surface area (Å²) < 4.78 is 1.78. The Morgan fingerprint density at radius 1 is 1.12 bits per heavy atom. The quantitative estimate of drug-likeness (QED) is 0.781. The number of hydrogen-bond acceptors (Lipinski definition) is 1. The number of benzene rings is 1. The molecule has 0 amide bonds. The maximum Gasteiger partial charge on any atom is 0.326 e. The molecule has 0 saturated heterocycles. The van der Waals surface area contributed by atoms with Gasteiger partial charge in [-0.05, 0) is 26.3 Å². The van der Waals surface area contributed by atoms with Crippen molar-refractivity contribution in [1.29, 1.82) is 0 Å². The highest BCUT2D eigenvalue weighted by molar-refractivity contribution is 5.58. The molecule has 0 aliphatic heterocycles. The van der Waals surface area contributed by atoms with Crippen LogP contribution < -0.4 is 5.69 Å². The van der Waals surface area contributed by atoms with E-state index in [1.54, 1.807) is 10.8 Å². The summed E-state index contributed by atoms with van der Waals surface area (Å²) in [6, 6.07) is 9.92. The van der Waals surface area contributed by atoms with Crippen molar-refractivity contribution in [3.63, 3.8) is 0 Å². The molecule has 1 aromatic heterocycles. The third kappa shape index (κ3) is 1.81. The van der Waals surface area contributed by atoms with E-state index in [0.29, 0.717) is 0 Å². The lowest BCUT2D eigenvalue weighted by molar-refractivity contribution is 0.389. The fourth-order valence-corrected chi connectivity index (χ4v) is 1.86. The Hall–Kier alpha value is -1.77. The topological polar surface area (TPSA) is 37.8 Å². The summed E-state index contributed by atoms with van der Waals surface area (Å²) in [7, 11) is 0. The number of H-pyrrole nitrogens is 1. The maximum absolute atomic E-state index is 11.8. The van der Waals surface area contributed by atoms with E-state index >= 15 is 0 Å². The van der Waals surface area contributed by atoms with Crippen molar-refractivity contribution in [3.8, 4) is 11.3 Å². The zero-order valence-corrected chi connectivity index (χ0v) is 9.82. The number of nitrogens with one attached hydrogen (secondary N) is 1. The first kappa shape index (κ1) is 10.7. The minimum absolute atomic E-state index is 0.0636. The minimum Gasteiger partial charge on any atom is -0.312 e. The predicted molar refractivity (Wildman–Crippen MR) is 65.5 cm³/mol. The van der Waals surface area contributed by atoms with E-state index < -0.39 is 0 Å². The number of aromatic amines is 1. The molecule has 3 nitrogen and oxygen atoms in total. The first-order valence-electron chi connectivity index (χ1n) is 5.36. The molecule has 3 heteroatoms. The molecule has 0 fully saturated rings. The van der Waals surface area contributed by atoms with E-state index in [1.165, 1.54) is 0 Å². The van der Waals surface area contributed by atoms with Crippen LogP contribution in [-0.2, 0) is 5.54 Å². The molecule has 0 bridgehead atoms. The van der Waals surface area contributed by atoms with Gasteiger partial charge >= 0.3 is 5.69 Å². The van der Waals surface area contributed by atoms with Gasteiger partial charge in [0.05, 0.1) is 5.69 Å². The minimum atomic E-state index is -0.220. The van der Waals surface area contributed by atoms with Gasteiger partial charge in [-0.25, -0.2) is 4.79 Å².